The molecule has 4 nitrogen and oxygen atoms in total. The van der Waals surface area contributed by atoms with Crippen LogP contribution in [0.4, 0.5) is 5.82 Å². The predicted octanol–water partition coefficient (Wildman–Crippen LogP) is 2.18. The maximum absolute atomic E-state index is 5.96. The van der Waals surface area contributed by atoms with Gasteiger partial charge in [-0.2, -0.15) is 5.10 Å². The van der Waals surface area contributed by atoms with Crippen LogP contribution in [0, 0.1) is 25.7 Å². The van der Waals surface area contributed by atoms with Crippen LogP contribution in [0.3, 0.4) is 0 Å². The number of aromatic nitrogens is 2. The summed E-state index contributed by atoms with van der Waals surface area (Å²) in [7, 11) is 0. The minimum atomic E-state index is 0.559. The molecular formula is C15H24N4. The van der Waals surface area contributed by atoms with Crippen LogP contribution in [0.15, 0.2) is 0 Å². The highest BCUT2D eigenvalue weighted by molar-refractivity contribution is 5.51. The molecule has 2 aliphatic carbocycles. The fourth-order valence-corrected chi connectivity index (χ4v) is 2.61. The van der Waals surface area contributed by atoms with Crippen LogP contribution in [0.1, 0.15) is 42.5 Å². The van der Waals surface area contributed by atoms with Crippen LogP contribution in [-0.2, 0) is 6.54 Å². The first-order valence-electron chi connectivity index (χ1n) is 7.46. The summed E-state index contributed by atoms with van der Waals surface area (Å²) in [5.41, 5.74) is 9.36. The molecule has 2 aliphatic rings. The van der Waals surface area contributed by atoms with E-state index in [1.807, 2.05) is 6.92 Å². The molecule has 2 fully saturated rings. The lowest BCUT2D eigenvalue weighted by molar-refractivity contribution is 0.659. The summed E-state index contributed by atoms with van der Waals surface area (Å²) in [6.07, 6.45) is 5.49. The van der Waals surface area contributed by atoms with Gasteiger partial charge in [0, 0.05) is 25.2 Å². The highest BCUT2D eigenvalue weighted by atomic mass is 15.3. The molecule has 2 N–H and O–H groups in total. The maximum atomic E-state index is 5.96. The van der Waals surface area contributed by atoms with E-state index in [4.69, 9.17) is 5.73 Å². The molecule has 0 amide bonds. The van der Waals surface area contributed by atoms with Gasteiger partial charge in [0.15, 0.2) is 5.82 Å². The average Bonchev–Trinajstić information content (AvgIpc) is 3.27. The minimum absolute atomic E-state index is 0.559. The SMILES string of the molecule is Cc1nnc(N(CC2CC2)CC2CC2)c(CN)c1C. The van der Waals surface area contributed by atoms with Gasteiger partial charge in [-0.1, -0.05) is 0 Å². The fraction of sp³-hybridized carbons (Fsp3) is 0.733. The van der Waals surface area contributed by atoms with Gasteiger partial charge in [0.05, 0.1) is 5.69 Å². The van der Waals surface area contributed by atoms with Crippen molar-refractivity contribution in [1.82, 2.24) is 10.2 Å². The Bertz CT molecular complexity index is 449. The van der Waals surface area contributed by atoms with Crippen LogP contribution in [0.5, 0.6) is 0 Å². The number of hydrogen-bond donors (Lipinski definition) is 1. The van der Waals surface area contributed by atoms with Gasteiger partial charge < -0.3 is 10.6 Å². The van der Waals surface area contributed by atoms with Crippen molar-refractivity contribution in [3.05, 3.63) is 16.8 Å². The summed E-state index contributed by atoms with van der Waals surface area (Å²) in [4.78, 5) is 2.46. The molecule has 0 aromatic carbocycles. The van der Waals surface area contributed by atoms with Gasteiger partial charge in [-0.15, -0.1) is 5.10 Å². The van der Waals surface area contributed by atoms with E-state index < -0.39 is 0 Å². The molecule has 0 saturated heterocycles. The third kappa shape index (κ3) is 2.89. The quantitative estimate of drug-likeness (QED) is 0.851. The fourth-order valence-electron chi connectivity index (χ4n) is 2.61. The van der Waals surface area contributed by atoms with Crippen molar-refractivity contribution in [3.63, 3.8) is 0 Å². The number of anilines is 1. The lowest BCUT2D eigenvalue weighted by Gasteiger charge is -2.26. The highest BCUT2D eigenvalue weighted by Crippen LogP contribution is 2.36. The molecule has 0 spiro atoms. The Balaban J connectivity index is 1.88. The van der Waals surface area contributed by atoms with E-state index in [1.165, 1.54) is 36.8 Å². The van der Waals surface area contributed by atoms with Crippen molar-refractivity contribution in [1.29, 1.82) is 0 Å². The normalized spacial score (nSPS) is 18.7. The molecule has 1 heterocycles. The van der Waals surface area contributed by atoms with Crippen LogP contribution < -0.4 is 10.6 Å². The Hall–Kier alpha value is -1.16. The summed E-state index contributed by atoms with van der Waals surface area (Å²) in [5, 5.41) is 8.78. The molecule has 104 valence electrons. The van der Waals surface area contributed by atoms with Gasteiger partial charge in [-0.3, -0.25) is 0 Å². The second-order valence-electron chi connectivity index (χ2n) is 6.21. The Morgan fingerprint density at radius 1 is 1.05 bits per heavy atom. The summed E-state index contributed by atoms with van der Waals surface area (Å²) in [5.74, 6) is 2.78. The summed E-state index contributed by atoms with van der Waals surface area (Å²) >= 11 is 0. The van der Waals surface area contributed by atoms with Crippen LogP contribution in [0.25, 0.3) is 0 Å². The van der Waals surface area contributed by atoms with E-state index in [0.29, 0.717) is 6.54 Å². The van der Waals surface area contributed by atoms with E-state index >= 15 is 0 Å². The third-order valence-corrected chi connectivity index (χ3v) is 4.41. The lowest BCUT2D eigenvalue weighted by Crippen LogP contribution is -2.31. The van der Waals surface area contributed by atoms with Gasteiger partial charge >= 0.3 is 0 Å². The Kier molecular flexibility index (Phi) is 3.44. The monoisotopic (exact) mass is 260 g/mol. The molecule has 3 rings (SSSR count). The van der Waals surface area contributed by atoms with Crippen LogP contribution in [0.2, 0.25) is 0 Å². The van der Waals surface area contributed by atoms with E-state index in [9.17, 15) is 0 Å². The molecule has 0 atom stereocenters. The highest BCUT2D eigenvalue weighted by Gasteiger charge is 2.31. The van der Waals surface area contributed by atoms with Crippen molar-refractivity contribution in [2.75, 3.05) is 18.0 Å². The number of hydrogen-bond acceptors (Lipinski definition) is 4. The van der Waals surface area contributed by atoms with Gasteiger partial charge in [-0.25, -0.2) is 0 Å². The first-order valence-corrected chi connectivity index (χ1v) is 7.46. The number of nitrogens with zero attached hydrogens (tertiary/aromatic N) is 3. The third-order valence-electron chi connectivity index (χ3n) is 4.41. The second-order valence-corrected chi connectivity index (χ2v) is 6.21. The molecule has 1 aromatic heterocycles. The summed E-state index contributed by atoms with van der Waals surface area (Å²) < 4.78 is 0. The molecule has 0 bridgehead atoms. The lowest BCUT2D eigenvalue weighted by atomic mass is 10.1. The van der Waals surface area contributed by atoms with Gasteiger partial charge in [0.2, 0.25) is 0 Å². The van der Waals surface area contributed by atoms with Crippen molar-refractivity contribution < 1.29 is 0 Å². The number of nitrogens with two attached hydrogens (primary N) is 1. The largest absolute Gasteiger partial charge is 0.354 e. The van der Waals surface area contributed by atoms with E-state index in [2.05, 4.69) is 22.0 Å². The predicted molar refractivity (Wildman–Crippen MR) is 77.1 cm³/mol. The zero-order valence-corrected chi connectivity index (χ0v) is 12.0. The van der Waals surface area contributed by atoms with E-state index in [1.54, 1.807) is 0 Å². The topological polar surface area (TPSA) is 55.0 Å². The molecule has 0 unspecified atom stereocenters. The smallest absolute Gasteiger partial charge is 0.156 e. The minimum Gasteiger partial charge on any atom is -0.354 e. The maximum Gasteiger partial charge on any atom is 0.156 e. The van der Waals surface area contributed by atoms with E-state index in [-0.39, 0.29) is 0 Å². The van der Waals surface area contributed by atoms with Crippen molar-refractivity contribution in [2.45, 2.75) is 46.1 Å². The van der Waals surface area contributed by atoms with Crippen molar-refractivity contribution in [2.24, 2.45) is 17.6 Å². The van der Waals surface area contributed by atoms with Crippen molar-refractivity contribution >= 4 is 5.82 Å². The Morgan fingerprint density at radius 2 is 1.63 bits per heavy atom. The number of rotatable bonds is 6. The van der Waals surface area contributed by atoms with Crippen molar-refractivity contribution in [3.8, 4) is 0 Å². The zero-order chi connectivity index (χ0) is 13.4. The van der Waals surface area contributed by atoms with Gasteiger partial charge in [0.1, 0.15) is 0 Å². The summed E-state index contributed by atoms with van der Waals surface area (Å²) in [6, 6.07) is 0. The molecular weight excluding hydrogens is 236 g/mol. The standard InChI is InChI=1S/C15H24N4/c1-10-11(2)17-18-15(14(10)7-16)19(8-12-3-4-12)9-13-5-6-13/h12-13H,3-9,16H2,1-2H3. The van der Waals surface area contributed by atoms with Gasteiger partial charge in [0.25, 0.3) is 0 Å². The Morgan fingerprint density at radius 3 is 2.11 bits per heavy atom. The van der Waals surface area contributed by atoms with Crippen LogP contribution >= 0.6 is 0 Å². The van der Waals surface area contributed by atoms with Crippen LogP contribution in [-0.4, -0.2) is 23.3 Å². The number of aryl methyl sites for hydroxylation is 1. The molecule has 0 aliphatic heterocycles. The summed E-state index contributed by atoms with van der Waals surface area (Å²) in [6.45, 7) is 6.96. The average molecular weight is 260 g/mol. The second kappa shape index (κ2) is 5.08. The van der Waals surface area contributed by atoms with E-state index in [0.717, 1.165) is 36.4 Å². The first kappa shape index (κ1) is 12.9. The molecule has 0 radical (unpaired) electrons. The zero-order valence-electron chi connectivity index (χ0n) is 12.0. The molecule has 19 heavy (non-hydrogen) atoms. The first-order chi connectivity index (χ1) is 9.19. The Labute approximate surface area is 115 Å². The molecule has 2 saturated carbocycles. The molecule has 1 aromatic rings. The molecule has 4 heteroatoms. The van der Waals surface area contributed by atoms with Gasteiger partial charge in [-0.05, 0) is 56.9 Å².